The summed E-state index contributed by atoms with van der Waals surface area (Å²) in [6, 6.07) is 0.342. The van der Waals surface area contributed by atoms with Gasteiger partial charge in [0.25, 0.3) is 0 Å². The molecule has 1 heterocycles. The minimum Gasteiger partial charge on any atom is -0.162 e. The number of nitrogens with zero attached hydrogens (tertiary/aromatic N) is 1. The van der Waals surface area contributed by atoms with Crippen molar-refractivity contribution in [3.63, 3.8) is 0 Å². The SMILES string of the molecule is CCSCCC1CCC[N+]1=O. The van der Waals surface area contributed by atoms with E-state index in [1.54, 1.807) is 0 Å². The number of nitroso groups, excluding NO2 is 1. The smallest absolute Gasteiger partial charge is 0.162 e. The maximum atomic E-state index is 11.1. The van der Waals surface area contributed by atoms with Gasteiger partial charge in [-0.05, 0) is 11.5 Å². The topological polar surface area (TPSA) is 20.1 Å². The molecule has 1 unspecified atom stereocenters. The molecule has 0 radical (unpaired) electrons. The van der Waals surface area contributed by atoms with Crippen LogP contribution < -0.4 is 0 Å². The van der Waals surface area contributed by atoms with Crippen molar-refractivity contribution in [2.45, 2.75) is 32.2 Å². The van der Waals surface area contributed by atoms with Crippen molar-refractivity contribution in [1.29, 1.82) is 0 Å². The van der Waals surface area contributed by atoms with Gasteiger partial charge in [0.15, 0.2) is 6.54 Å². The lowest BCUT2D eigenvalue weighted by molar-refractivity contribution is -0.564. The minimum atomic E-state index is 0.342. The van der Waals surface area contributed by atoms with Crippen LogP contribution in [0.5, 0.6) is 0 Å². The van der Waals surface area contributed by atoms with E-state index < -0.39 is 0 Å². The highest BCUT2D eigenvalue weighted by molar-refractivity contribution is 7.99. The Balaban J connectivity index is 2.10. The molecule has 11 heavy (non-hydrogen) atoms. The van der Waals surface area contributed by atoms with Crippen molar-refractivity contribution in [3.8, 4) is 0 Å². The summed E-state index contributed by atoms with van der Waals surface area (Å²) in [5.74, 6) is 2.32. The monoisotopic (exact) mass is 174 g/mol. The van der Waals surface area contributed by atoms with E-state index in [4.69, 9.17) is 0 Å². The third-order valence-corrected chi connectivity index (χ3v) is 3.06. The Kier molecular flexibility index (Phi) is 3.91. The molecule has 0 aliphatic carbocycles. The van der Waals surface area contributed by atoms with Gasteiger partial charge >= 0.3 is 0 Å². The molecule has 0 spiro atoms. The summed E-state index contributed by atoms with van der Waals surface area (Å²) in [6.45, 7) is 2.93. The van der Waals surface area contributed by atoms with Gasteiger partial charge in [0.05, 0.1) is 0 Å². The highest BCUT2D eigenvalue weighted by Crippen LogP contribution is 2.16. The van der Waals surface area contributed by atoms with Crippen molar-refractivity contribution in [3.05, 3.63) is 4.91 Å². The molecule has 0 bridgehead atoms. The van der Waals surface area contributed by atoms with Gasteiger partial charge < -0.3 is 0 Å². The molecule has 64 valence electrons. The Bertz CT molecular complexity index is 138. The van der Waals surface area contributed by atoms with Crippen molar-refractivity contribution in [1.82, 2.24) is 0 Å². The summed E-state index contributed by atoms with van der Waals surface area (Å²) in [5, 5.41) is 0. The van der Waals surface area contributed by atoms with Crippen LogP contribution in [0.15, 0.2) is 0 Å². The molecule has 0 aromatic rings. The van der Waals surface area contributed by atoms with Gasteiger partial charge in [-0.25, -0.2) is 0 Å². The molecule has 0 aromatic heterocycles. The molecule has 1 aliphatic heterocycles. The summed E-state index contributed by atoms with van der Waals surface area (Å²) in [5.41, 5.74) is 0. The normalized spacial score (nSPS) is 24.5. The molecule has 1 rings (SSSR count). The first-order chi connectivity index (χ1) is 5.34. The second-order valence-electron chi connectivity index (χ2n) is 2.92. The summed E-state index contributed by atoms with van der Waals surface area (Å²) in [6.07, 6.45) is 3.31. The Morgan fingerprint density at radius 1 is 1.64 bits per heavy atom. The van der Waals surface area contributed by atoms with E-state index in [9.17, 15) is 4.91 Å². The first-order valence-corrected chi connectivity index (χ1v) is 5.51. The number of hydrogen-bond acceptors (Lipinski definition) is 2. The summed E-state index contributed by atoms with van der Waals surface area (Å²) in [4.78, 5) is 11.1. The molecular formula is C8H16NOS+. The van der Waals surface area contributed by atoms with E-state index in [2.05, 4.69) is 6.92 Å². The zero-order valence-electron chi connectivity index (χ0n) is 7.08. The second kappa shape index (κ2) is 4.75. The second-order valence-corrected chi connectivity index (χ2v) is 4.32. The van der Waals surface area contributed by atoms with Crippen molar-refractivity contribution in [2.24, 2.45) is 0 Å². The Hall–Kier alpha value is -0.0500. The fraction of sp³-hybridized carbons (Fsp3) is 1.00. The van der Waals surface area contributed by atoms with Crippen LogP contribution in [0.25, 0.3) is 0 Å². The summed E-state index contributed by atoms with van der Waals surface area (Å²) < 4.78 is 1.26. The molecule has 1 saturated heterocycles. The largest absolute Gasteiger partial charge is 0.202 e. The van der Waals surface area contributed by atoms with Gasteiger partial charge in [0.1, 0.15) is 0 Å². The highest BCUT2D eigenvalue weighted by atomic mass is 32.2. The number of thioether (sulfide) groups is 1. The molecule has 1 aliphatic rings. The zero-order chi connectivity index (χ0) is 8.10. The standard InChI is InChI=1S/C8H16NOS/c1-2-11-7-5-8-4-3-6-9(8)10/h8H,2-7H2,1H3/q+1. The van der Waals surface area contributed by atoms with Crippen LogP contribution in [0.2, 0.25) is 0 Å². The summed E-state index contributed by atoms with van der Waals surface area (Å²) in [7, 11) is 0. The van der Waals surface area contributed by atoms with E-state index in [0.29, 0.717) is 6.04 Å². The fourth-order valence-corrected chi connectivity index (χ4v) is 2.19. The summed E-state index contributed by atoms with van der Waals surface area (Å²) >= 11 is 1.93. The van der Waals surface area contributed by atoms with E-state index in [0.717, 1.165) is 31.6 Å². The van der Waals surface area contributed by atoms with Gasteiger partial charge in [-0.1, -0.05) is 6.92 Å². The molecular weight excluding hydrogens is 158 g/mol. The number of hydrogen-bond donors (Lipinski definition) is 0. The van der Waals surface area contributed by atoms with Gasteiger partial charge in [-0.2, -0.15) is 11.8 Å². The minimum absolute atomic E-state index is 0.342. The number of rotatable bonds is 4. The first-order valence-electron chi connectivity index (χ1n) is 4.36. The quantitative estimate of drug-likeness (QED) is 0.480. The molecule has 3 heteroatoms. The first kappa shape index (κ1) is 9.04. The lowest BCUT2D eigenvalue weighted by atomic mass is 10.2. The van der Waals surface area contributed by atoms with Crippen LogP contribution in [0, 0.1) is 4.91 Å². The van der Waals surface area contributed by atoms with Gasteiger partial charge in [0.2, 0.25) is 6.04 Å². The lowest BCUT2D eigenvalue weighted by Gasteiger charge is -1.99. The van der Waals surface area contributed by atoms with Gasteiger partial charge in [0, 0.05) is 28.9 Å². The zero-order valence-corrected chi connectivity index (χ0v) is 7.90. The van der Waals surface area contributed by atoms with Crippen LogP contribution in [-0.4, -0.2) is 28.9 Å². The average Bonchev–Trinajstić information content (AvgIpc) is 2.37. The van der Waals surface area contributed by atoms with Crippen LogP contribution >= 0.6 is 11.8 Å². The fourth-order valence-electron chi connectivity index (χ4n) is 1.46. The van der Waals surface area contributed by atoms with E-state index >= 15 is 0 Å². The van der Waals surface area contributed by atoms with Crippen LogP contribution in [-0.2, 0) is 0 Å². The average molecular weight is 174 g/mol. The molecule has 0 N–H and O–H groups in total. The van der Waals surface area contributed by atoms with Crippen molar-refractivity contribution < 1.29 is 4.76 Å². The van der Waals surface area contributed by atoms with Crippen molar-refractivity contribution in [2.75, 3.05) is 18.1 Å². The van der Waals surface area contributed by atoms with E-state index in [1.165, 1.54) is 10.5 Å². The predicted molar refractivity (Wildman–Crippen MR) is 49.1 cm³/mol. The Morgan fingerprint density at radius 3 is 3.00 bits per heavy atom. The molecule has 0 saturated carbocycles. The molecule has 2 nitrogen and oxygen atoms in total. The predicted octanol–water partition coefficient (Wildman–Crippen LogP) is 2.07. The van der Waals surface area contributed by atoms with Gasteiger partial charge in [-0.3, -0.25) is 0 Å². The lowest BCUT2D eigenvalue weighted by Crippen LogP contribution is -2.16. The maximum absolute atomic E-state index is 11.1. The molecule has 1 fully saturated rings. The third-order valence-electron chi connectivity index (χ3n) is 2.12. The maximum Gasteiger partial charge on any atom is 0.202 e. The molecule has 1 atom stereocenters. The van der Waals surface area contributed by atoms with Gasteiger partial charge in [-0.15, -0.1) is 0 Å². The Morgan fingerprint density at radius 2 is 2.45 bits per heavy atom. The van der Waals surface area contributed by atoms with E-state index in [1.807, 2.05) is 11.8 Å². The third kappa shape index (κ3) is 2.81. The van der Waals surface area contributed by atoms with Crippen LogP contribution in [0.4, 0.5) is 0 Å². The van der Waals surface area contributed by atoms with Crippen LogP contribution in [0.3, 0.4) is 0 Å². The molecule has 0 amide bonds. The highest BCUT2D eigenvalue weighted by Gasteiger charge is 2.30. The van der Waals surface area contributed by atoms with E-state index in [-0.39, 0.29) is 0 Å². The Labute approximate surface area is 72.3 Å². The van der Waals surface area contributed by atoms with Crippen LogP contribution in [0.1, 0.15) is 26.2 Å². The van der Waals surface area contributed by atoms with Crippen molar-refractivity contribution >= 4 is 11.8 Å². The molecule has 0 aromatic carbocycles.